The molecule has 0 saturated carbocycles. The van der Waals surface area contributed by atoms with Gasteiger partial charge in [-0.3, -0.25) is 4.90 Å². The van der Waals surface area contributed by atoms with E-state index in [0.717, 1.165) is 25.1 Å². The van der Waals surface area contributed by atoms with E-state index < -0.39 is 5.60 Å². The highest BCUT2D eigenvalue weighted by Crippen LogP contribution is 2.33. The molecule has 0 aliphatic carbocycles. The first-order chi connectivity index (χ1) is 7.97. The average molecular weight is 237 g/mol. The predicted octanol–water partition coefficient (Wildman–Crippen LogP) is 3.35. The lowest BCUT2D eigenvalue weighted by molar-refractivity contribution is 0.0208. The number of ether oxygens (including phenoxy) is 1. The molecule has 1 fully saturated rings. The molecule has 0 aromatic carbocycles. The molecule has 94 valence electrons. The summed E-state index contributed by atoms with van der Waals surface area (Å²) in [6, 6.07) is 3.79. The summed E-state index contributed by atoms with van der Waals surface area (Å²) in [5.74, 6) is 0.841. The molecule has 2 rings (SSSR count). The Bertz CT molecular complexity index is 378. The van der Waals surface area contributed by atoms with Crippen molar-refractivity contribution in [2.75, 3.05) is 6.54 Å². The summed E-state index contributed by atoms with van der Waals surface area (Å²) < 4.78 is 10.8. The van der Waals surface area contributed by atoms with Crippen LogP contribution in [0.1, 0.15) is 45.4 Å². The van der Waals surface area contributed by atoms with E-state index in [2.05, 4.69) is 0 Å². The van der Waals surface area contributed by atoms with Gasteiger partial charge in [0.2, 0.25) is 0 Å². The largest absolute Gasteiger partial charge is 0.467 e. The molecule has 1 saturated heterocycles. The van der Waals surface area contributed by atoms with Gasteiger partial charge in [-0.15, -0.1) is 0 Å². The second-order valence-electron chi connectivity index (χ2n) is 5.35. The molecule has 17 heavy (non-hydrogen) atoms. The normalized spacial score (nSPS) is 20.6. The minimum absolute atomic E-state index is 0.0276. The Balaban J connectivity index is 2.07. The third-order valence-corrected chi connectivity index (χ3v) is 2.75. The topological polar surface area (TPSA) is 42.7 Å². The summed E-state index contributed by atoms with van der Waals surface area (Å²) >= 11 is 0. The number of carbonyl (C=O) groups is 1. The van der Waals surface area contributed by atoms with Gasteiger partial charge in [0.1, 0.15) is 11.4 Å². The number of hydrogen-bond donors (Lipinski definition) is 0. The van der Waals surface area contributed by atoms with Gasteiger partial charge in [0.25, 0.3) is 0 Å². The summed E-state index contributed by atoms with van der Waals surface area (Å²) in [7, 11) is 0. The first kappa shape index (κ1) is 12.0. The number of carbonyl (C=O) groups excluding carboxylic acids is 1. The van der Waals surface area contributed by atoms with Crippen LogP contribution >= 0.6 is 0 Å². The molecule has 1 atom stereocenters. The first-order valence-electron chi connectivity index (χ1n) is 6.00. The lowest BCUT2D eigenvalue weighted by atomic mass is 10.2. The molecule has 0 spiro atoms. The molecule has 0 N–H and O–H groups in total. The number of rotatable bonds is 1. The minimum atomic E-state index is -0.451. The van der Waals surface area contributed by atoms with Gasteiger partial charge in [0, 0.05) is 6.54 Å². The molecule has 4 nitrogen and oxygen atoms in total. The van der Waals surface area contributed by atoms with Gasteiger partial charge in [-0.1, -0.05) is 0 Å². The summed E-state index contributed by atoms with van der Waals surface area (Å²) in [4.78, 5) is 13.8. The molecule has 1 aromatic heterocycles. The Morgan fingerprint density at radius 3 is 2.88 bits per heavy atom. The Morgan fingerprint density at radius 2 is 2.29 bits per heavy atom. The van der Waals surface area contributed by atoms with E-state index in [0.29, 0.717) is 0 Å². The van der Waals surface area contributed by atoms with E-state index in [1.807, 2.05) is 32.9 Å². The van der Waals surface area contributed by atoms with Crippen LogP contribution in [0.2, 0.25) is 0 Å². The molecule has 4 heteroatoms. The van der Waals surface area contributed by atoms with Crippen LogP contribution in [0, 0.1) is 0 Å². The third-order valence-electron chi connectivity index (χ3n) is 2.75. The van der Waals surface area contributed by atoms with Crippen molar-refractivity contribution in [3.63, 3.8) is 0 Å². The van der Waals surface area contributed by atoms with Crippen molar-refractivity contribution in [1.29, 1.82) is 0 Å². The predicted molar refractivity (Wildman–Crippen MR) is 63.6 cm³/mol. The molecule has 1 amide bonds. The van der Waals surface area contributed by atoms with Crippen molar-refractivity contribution in [2.24, 2.45) is 0 Å². The molecule has 2 heterocycles. The fourth-order valence-electron chi connectivity index (χ4n) is 2.08. The van der Waals surface area contributed by atoms with Crippen molar-refractivity contribution in [1.82, 2.24) is 4.90 Å². The van der Waals surface area contributed by atoms with E-state index >= 15 is 0 Å². The van der Waals surface area contributed by atoms with Crippen LogP contribution in [-0.4, -0.2) is 23.1 Å². The molecule has 1 aromatic rings. The third kappa shape index (κ3) is 2.81. The Hall–Kier alpha value is -1.45. The first-order valence-corrected chi connectivity index (χ1v) is 6.00. The maximum Gasteiger partial charge on any atom is 0.410 e. The molecule has 0 unspecified atom stereocenters. The SMILES string of the molecule is CC(C)(C)OC(=O)N1CCC[C@@H]1c1ccco1. The summed E-state index contributed by atoms with van der Waals surface area (Å²) in [6.07, 6.45) is 3.31. The van der Waals surface area contributed by atoms with Gasteiger partial charge < -0.3 is 9.15 Å². The monoisotopic (exact) mass is 237 g/mol. The van der Waals surface area contributed by atoms with Gasteiger partial charge >= 0.3 is 6.09 Å². The van der Waals surface area contributed by atoms with Crippen LogP contribution in [0.3, 0.4) is 0 Å². The van der Waals surface area contributed by atoms with Crippen LogP contribution in [0.15, 0.2) is 22.8 Å². The van der Waals surface area contributed by atoms with E-state index in [1.165, 1.54) is 0 Å². The second-order valence-corrected chi connectivity index (χ2v) is 5.35. The Morgan fingerprint density at radius 1 is 1.53 bits per heavy atom. The fraction of sp³-hybridized carbons (Fsp3) is 0.615. The maximum absolute atomic E-state index is 12.0. The van der Waals surface area contributed by atoms with Gasteiger partial charge in [-0.25, -0.2) is 4.79 Å². The molecule has 1 aliphatic rings. The summed E-state index contributed by atoms with van der Waals surface area (Å²) in [5, 5.41) is 0. The zero-order chi connectivity index (χ0) is 12.5. The van der Waals surface area contributed by atoms with Crippen molar-refractivity contribution in [2.45, 2.75) is 45.3 Å². The van der Waals surface area contributed by atoms with E-state index in [4.69, 9.17) is 9.15 Å². The molecular weight excluding hydrogens is 218 g/mol. The number of likely N-dealkylation sites (tertiary alicyclic amines) is 1. The van der Waals surface area contributed by atoms with Crippen LogP contribution in [0.5, 0.6) is 0 Å². The van der Waals surface area contributed by atoms with Gasteiger partial charge in [-0.2, -0.15) is 0 Å². The van der Waals surface area contributed by atoms with E-state index in [9.17, 15) is 4.79 Å². The summed E-state index contributed by atoms with van der Waals surface area (Å²) in [5.41, 5.74) is -0.451. The lowest BCUT2D eigenvalue weighted by Crippen LogP contribution is -2.36. The highest BCUT2D eigenvalue weighted by Gasteiger charge is 2.34. The fourth-order valence-corrected chi connectivity index (χ4v) is 2.08. The smallest absolute Gasteiger partial charge is 0.410 e. The standard InChI is InChI=1S/C13H19NO3/c1-13(2,3)17-12(15)14-8-4-6-10(14)11-7-5-9-16-11/h5,7,9-10H,4,6,8H2,1-3H3/t10-/m1/s1. The van der Waals surface area contributed by atoms with Gasteiger partial charge in [-0.05, 0) is 45.7 Å². The van der Waals surface area contributed by atoms with Crippen LogP contribution in [-0.2, 0) is 4.74 Å². The molecule has 0 bridgehead atoms. The van der Waals surface area contributed by atoms with Gasteiger partial charge in [0.05, 0.1) is 12.3 Å². The molecule has 1 aliphatic heterocycles. The zero-order valence-electron chi connectivity index (χ0n) is 10.6. The molecular formula is C13H19NO3. The van der Waals surface area contributed by atoms with Crippen molar-refractivity contribution >= 4 is 6.09 Å². The number of amides is 1. The maximum atomic E-state index is 12.0. The van der Waals surface area contributed by atoms with Crippen LogP contribution < -0.4 is 0 Å². The van der Waals surface area contributed by atoms with Crippen LogP contribution in [0.4, 0.5) is 4.79 Å². The summed E-state index contributed by atoms with van der Waals surface area (Å²) in [6.45, 7) is 6.37. The Kier molecular flexibility index (Phi) is 3.13. The molecule has 0 radical (unpaired) electrons. The van der Waals surface area contributed by atoms with Gasteiger partial charge in [0.15, 0.2) is 0 Å². The average Bonchev–Trinajstić information content (AvgIpc) is 2.85. The van der Waals surface area contributed by atoms with Crippen molar-refractivity contribution in [3.05, 3.63) is 24.2 Å². The zero-order valence-corrected chi connectivity index (χ0v) is 10.6. The lowest BCUT2D eigenvalue weighted by Gasteiger charge is -2.27. The number of hydrogen-bond acceptors (Lipinski definition) is 3. The second kappa shape index (κ2) is 4.43. The minimum Gasteiger partial charge on any atom is -0.467 e. The highest BCUT2D eigenvalue weighted by molar-refractivity contribution is 5.69. The highest BCUT2D eigenvalue weighted by atomic mass is 16.6. The van der Waals surface area contributed by atoms with E-state index in [1.54, 1.807) is 11.2 Å². The van der Waals surface area contributed by atoms with Crippen molar-refractivity contribution < 1.29 is 13.9 Å². The number of furan rings is 1. The Labute approximate surface area is 102 Å². The van der Waals surface area contributed by atoms with E-state index in [-0.39, 0.29) is 12.1 Å². The van der Waals surface area contributed by atoms with Crippen LogP contribution in [0.25, 0.3) is 0 Å². The van der Waals surface area contributed by atoms with Crippen molar-refractivity contribution in [3.8, 4) is 0 Å². The quantitative estimate of drug-likeness (QED) is 0.752. The number of nitrogens with zero attached hydrogens (tertiary/aromatic N) is 1.